The van der Waals surface area contributed by atoms with Crippen LogP contribution in [0.2, 0.25) is 0 Å². The Morgan fingerprint density at radius 3 is 2.52 bits per heavy atom. The van der Waals surface area contributed by atoms with E-state index >= 15 is 0 Å². The van der Waals surface area contributed by atoms with Gasteiger partial charge in [0.25, 0.3) is 0 Å². The summed E-state index contributed by atoms with van der Waals surface area (Å²) in [6, 6.07) is 4.80. The van der Waals surface area contributed by atoms with Gasteiger partial charge in [-0.1, -0.05) is 0 Å². The number of rotatable bonds is 8. The van der Waals surface area contributed by atoms with Gasteiger partial charge in [0, 0.05) is 31.8 Å². The lowest BCUT2D eigenvalue weighted by atomic mass is 10.1. The van der Waals surface area contributed by atoms with Gasteiger partial charge in [-0.05, 0) is 18.2 Å². The van der Waals surface area contributed by atoms with Crippen LogP contribution in [0.5, 0.6) is 11.5 Å². The Morgan fingerprint density at radius 2 is 1.95 bits per heavy atom. The molecule has 0 amide bonds. The summed E-state index contributed by atoms with van der Waals surface area (Å²) < 4.78 is 19.9. The van der Waals surface area contributed by atoms with Crippen molar-refractivity contribution in [3.05, 3.63) is 29.5 Å². The molecule has 6 nitrogen and oxygen atoms in total. The van der Waals surface area contributed by atoms with E-state index < -0.39 is 5.97 Å². The van der Waals surface area contributed by atoms with E-state index in [2.05, 4.69) is 4.74 Å². The van der Waals surface area contributed by atoms with Crippen LogP contribution in [-0.4, -0.2) is 45.6 Å². The summed E-state index contributed by atoms with van der Waals surface area (Å²) in [4.78, 5) is 11.4. The number of phenolic OH excluding ortho intramolecular Hbond substituents is 1. The number of hydrogen-bond donors (Lipinski definition) is 1. The molecule has 0 bridgehead atoms. The van der Waals surface area contributed by atoms with Gasteiger partial charge in [0.1, 0.15) is 11.5 Å². The van der Waals surface area contributed by atoms with E-state index in [9.17, 15) is 9.90 Å². The number of benzene rings is 1. The number of aromatic hydroxyl groups is 1. The molecule has 0 radical (unpaired) electrons. The first kappa shape index (κ1) is 16.8. The molecule has 0 aliphatic heterocycles. The van der Waals surface area contributed by atoms with Crippen LogP contribution in [0, 0.1) is 0 Å². The highest BCUT2D eigenvalue weighted by Crippen LogP contribution is 2.26. The fraction of sp³-hybridized carbons (Fsp3) is 0.400. The van der Waals surface area contributed by atoms with Crippen molar-refractivity contribution in [2.24, 2.45) is 0 Å². The van der Waals surface area contributed by atoms with Gasteiger partial charge in [0.15, 0.2) is 0 Å². The van der Waals surface area contributed by atoms with Crippen molar-refractivity contribution < 1.29 is 28.8 Å². The average molecular weight is 296 g/mol. The minimum absolute atomic E-state index is 0.00145. The van der Waals surface area contributed by atoms with Crippen LogP contribution in [0.4, 0.5) is 0 Å². The molecular weight excluding hydrogens is 276 g/mol. The number of ether oxygens (including phenoxy) is 4. The minimum atomic E-state index is -0.614. The fourth-order valence-corrected chi connectivity index (χ4v) is 1.57. The lowest BCUT2D eigenvalue weighted by molar-refractivity contribution is -0.139. The zero-order valence-corrected chi connectivity index (χ0v) is 12.4. The molecule has 1 rings (SSSR count). The maximum absolute atomic E-state index is 11.4. The molecule has 0 spiro atoms. The molecule has 0 aliphatic rings. The zero-order chi connectivity index (χ0) is 15.7. The van der Waals surface area contributed by atoms with E-state index in [1.165, 1.54) is 26.4 Å². The molecule has 21 heavy (non-hydrogen) atoms. The minimum Gasteiger partial charge on any atom is -0.507 e. The molecule has 1 aromatic rings. The molecule has 0 saturated carbocycles. The van der Waals surface area contributed by atoms with Gasteiger partial charge in [-0.2, -0.15) is 0 Å². The first-order valence-electron chi connectivity index (χ1n) is 6.41. The molecule has 0 aromatic heterocycles. The molecule has 0 unspecified atom stereocenters. The van der Waals surface area contributed by atoms with Gasteiger partial charge in [0.05, 0.1) is 20.8 Å². The molecule has 0 atom stereocenters. The predicted octanol–water partition coefficient (Wildman–Crippen LogP) is 1.97. The van der Waals surface area contributed by atoms with Gasteiger partial charge >= 0.3 is 5.97 Å². The number of hydrogen-bond acceptors (Lipinski definition) is 6. The molecule has 0 aliphatic carbocycles. The van der Waals surface area contributed by atoms with E-state index in [-0.39, 0.29) is 11.5 Å². The first-order valence-corrected chi connectivity index (χ1v) is 6.41. The summed E-state index contributed by atoms with van der Waals surface area (Å²) in [7, 11) is 4.24. The molecule has 0 heterocycles. The fourth-order valence-electron chi connectivity index (χ4n) is 1.57. The SMILES string of the molecule is COCCCOc1ccc(C=C(OC)C(=O)OC)c(O)c1. The van der Waals surface area contributed by atoms with Gasteiger partial charge in [-0.25, -0.2) is 4.79 Å². The largest absolute Gasteiger partial charge is 0.507 e. The van der Waals surface area contributed by atoms with Crippen molar-refractivity contribution in [1.82, 2.24) is 0 Å². The lowest BCUT2D eigenvalue weighted by Gasteiger charge is -2.08. The molecule has 6 heteroatoms. The van der Waals surface area contributed by atoms with Crippen molar-refractivity contribution in [1.29, 1.82) is 0 Å². The summed E-state index contributed by atoms with van der Waals surface area (Å²) >= 11 is 0. The summed E-state index contributed by atoms with van der Waals surface area (Å²) in [6.45, 7) is 1.11. The quantitative estimate of drug-likeness (QED) is 0.342. The molecular formula is C15H20O6. The highest BCUT2D eigenvalue weighted by molar-refractivity contribution is 5.91. The molecule has 0 fully saturated rings. The van der Waals surface area contributed by atoms with Crippen molar-refractivity contribution in [3.63, 3.8) is 0 Å². The Morgan fingerprint density at radius 1 is 1.19 bits per heavy atom. The van der Waals surface area contributed by atoms with Crippen molar-refractivity contribution in [3.8, 4) is 11.5 Å². The second-order valence-electron chi connectivity index (χ2n) is 4.12. The summed E-state index contributed by atoms with van der Waals surface area (Å²) in [5.74, 6) is -0.0890. The highest BCUT2D eigenvalue weighted by atomic mass is 16.6. The smallest absolute Gasteiger partial charge is 0.373 e. The Hall–Kier alpha value is -2.21. The van der Waals surface area contributed by atoms with Gasteiger partial charge in [0.2, 0.25) is 5.76 Å². The van der Waals surface area contributed by atoms with Gasteiger partial charge < -0.3 is 24.1 Å². The standard InChI is InChI=1S/C15H20O6/c1-18-7-4-8-21-12-6-5-11(13(16)10-12)9-14(19-2)15(17)20-3/h5-6,9-10,16H,4,7-8H2,1-3H3. The topological polar surface area (TPSA) is 74.2 Å². The maximum atomic E-state index is 11.4. The third-order valence-corrected chi connectivity index (χ3v) is 2.66. The normalized spacial score (nSPS) is 11.1. The number of carbonyl (C=O) groups excluding carboxylic acids is 1. The van der Waals surface area contributed by atoms with Crippen LogP contribution in [0.3, 0.4) is 0 Å². The van der Waals surface area contributed by atoms with Crippen LogP contribution >= 0.6 is 0 Å². The Balaban J connectivity index is 2.78. The van der Waals surface area contributed by atoms with E-state index in [4.69, 9.17) is 14.2 Å². The number of esters is 1. The number of carbonyl (C=O) groups is 1. The summed E-state index contributed by atoms with van der Waals surface area (Å²) in [5, 5.41) is 9.94. The first-order chi connectivity index (χ1) is 10.1. The Kier molecular flexibility index (Phi) is 7.11. The van der Waals surface area contributed by atoms with E-state index in [1.807, 2.05) is 0 Å². The maximum Gasteiger partial charge on any atom is 0.373 e. The zero-order valence-electron chi connectivity index (χ0n) is 12.4. The highest BCUT2D eigenvalue weighted by Gasteiger charge is 2.11. The molecule has 1 aromatic carbocycles. The molecule has 0 saturated heterocycles. The van der Waals surface area contributed by atoms with Crippen molar-refractivity contribution >= 4 is 12.0 Å². The Labute approximate surface area is 123 Å². The summed E-state index contributed by atoms with van der Waals surface area (Å²) in [5.41, 5.74) is 0.432. The van der Waals surface area contributed by atoms with Crippen LogP contribution in [-0.2, 0) is 19.0 Å². The van der Waals surface area contributed by atoms with Crippen molar-refractivity contribution in [2.45, 2.75) is 6.42 Å². The van der Waals surface area contributed by atoms with E-state index in [0.717, 1.165) is 6.42 Å². The molecule has 116 valence electrons. The second kappa shape index (κ2) is 8.86. The van der Waals surface area contributed by atoms with Crippen LogP contribution in [0.1, 0.15) is 12.0 Å². The monoisotopic (exact) mass is 296 g/mol. The van der Waals surface area contributed by atoms with Crippen LogP contribution in [0.25, 0.3) is 6.08 Å². The molecule has 1 N–H and O–H groups in total. The van der Waals surface area contributed by atoms with Crippen LogP contribution < -0.4 is 4.74 Å². The van der Waals surface area contributed by atoms with Crippen molar-refractivity contribution in [2.75, 3.05) is 34.5 Å². The third kappa shape index (κ3) is 5.35. The van der Waals surface area contributed by atoms with Crippen LogP contribution in [0.15, 0.2) is 24.0 Å². The Bertz CT molecular complexity index is 495. The van der Waals surface area contributed by atoms with E-state index in [1.54, 1.807) is 19.2 Å². The predicted molar refractivity (Wildman–Crippen MR) is 77.1 cm³/mol. The van der Waals surface area contributed by atoms with Gasteiger partial charge in [-0.3, -0.25) is 0 Å². The average Bonchev–Trinajstić information content (AvgIpc) is 2.50. The van der Waals surface area contributed by atoms with Gasteiger partial charge in [-0.15, -0.1) is 0 Å². The summed E-state index contributed by atoms with van der Waals surface area (Å²) in [6.07, 6.45) is 2.16. The lowest BCUT2D eigenvalue weighted by Crippen LogP contribution is -2.06. The van der Waals surface area contributed by atoms with E-state index in [0.29, 0.717) is 24.5 Å². The number of phenols is 1. The number of methoxy groups -OCH3 is 3. The second-order valence-corrected chi connectivity index (χ2v) is 4.12. The third-order valence-electron chi connectivity index (χ3n) is 2.66.